The van der Waals surface area contributed by atoms with Gasteiger partial charge in [-0.05, 0) is 24.8 Å². The highest BCUT2D eigenvalue weighted by atomic mass is 16.5. The van der Waals surface area contributed by atoms with E-state index < -0.39 is 0 Å². The first-order chi connectivity index (χ1) is 10.3. The molecule has 0 radical (unpaired) electrons. The fraction of sp³-hybridized carbons (Fsp3) is 0.588. The molecule has 1 heterocycles. The van der Waals surface area contributed by atoms with Crippen LogP contribution in [0.5, 0.6) is 0 Å². The molecule has 0 bridgehead atoms. The van der Waals surface area contributed by atoms with Crippen LogP contribution in [0.4, 0.5) is 4.79 Å². The Morgan fingerprint density at radius 3 is 2.57 bits per heavy atom. The monoisotopic (exact) mass is 290 g/mol. The third kappa shape index (κ3) is 4.46. The molecule has 1 fully saturated rings. The van der Waals surface area contributed by atoms with Crippen LogP contribution in [-0.4, -0.2) is 32.3 Å². The van der Waals surface area contributed by atoms with Crippen molar-refractivity contribution in [2.45, 2.75) is 38.0 Å². The molecule has 116 valence electrons. The first-order valence-electron chi connectivity index (χ1n) is 7.92. The van der Waals surface area contributed by atoms with Gasteiger partial charge in [0, 0.05) is 31.7 Å². The molecule has 0 aliphatic carbocycles. The van der Waals surface area contributed by atoms with Gasteiger partial charge in [0.15, 0.2) is 0 Å². The molecule has 4 nitrogen and oxygen atoms in total. The summed E-state index contributed by atoms with van der Waals surface area (Å²) in [5.74, 6) is 0. The number of carbonyl (C=O) groups is 1. The maximum absolute atomic E-state index is 11.9. The molecule has 0 saturated carbocycles. The third-order valence-electron chi connectivity index (χ3n) is 4.24. The van der Waals surface area contributed by atoms with E-state index in [1.807, 2.05) is 6.07 Å². The molecule has 2 rings (SSSR count). The number of carbonyl (C=O) groups excluding carboxylic acids is 1. The molecule has 2 N–H and O–H groups in total. The predicted molar refractivity (Wildman–Crippen MR) is 84.5 cm³/mol. The van der Waals surface area contributed by atoms with E-state index in [-0.39, 0.29) is 11.4 Å². The van der Waals surface area contributed by atoms with Crippen LogP contribution in [0, 0.1) is 0 Å². The lowest BCUT2D eigenvalue weighted by Crippen LogP contribution is -2.47. The lowest BCUT2D eigenvalue weighted by Gasteiger charge is -2.38. The van der Waals surface area contributed by atoms with Crippen LogP contribution in [0.15, 0.2) is 30.3 Å². The number of hydrogen-bond donors (Lipinski definition) is 2. The summed E-state index contributed by atoms with van der Waals surface area (Å²) in [5.41, 5.74) is 1.30. The smallest absolute Gasteiger partial charge is 0.314 e. The van der Waals surface area contributed by atoms with Crippen molar-refractivity contribution in [2.75, 3.05) is 26.3 Å². The molecule has 21 heavy (non-hydrogen) atoms. The molecular weight excluding hydrogens is 264 g/mol. The van der Waals surface area contributed by atoms with Gasteiger partial charge in [-0.15, -0.1) is 0 Å². The minimum atomic E-state index is -0.0646. The zero-order valence-electron chi connectivity index (χ0n) is 12.9. The van der Waals surface area contributed by atoms with Crippen LogP contribution in [0.1, 0.15) is 38.2 Å². The van der Waals surface area contributed by atoms with E-state index in [0.29, 0.717) is 6.54 Å². The molecule has 0 aromatic heterocycles. The summed E-state index contributed by atoms with van der Waals surface area (Å²) in [5, 5.41) is 5.96. The number of benzene rings is 1. The second-order valence-electron chi connectivity index (χ2n) is 5.72. The van der Waals surface area contributed by atoms with Crippen molar-refractivity contribution in [3.63, 3.8) is 0 Å². The Hall–Kier alpha value is -1.55. The Labute approximate surface area is 127 Å². The van der Waals surface area contributed by atoms with Gasteiger partial charge >= 0.3 is 6.03 Å². The van der Waals surface area contributed by atoms with Gasteiger partial charge in [0.25, 0.3) is 0 Å². The van der Waals surface area contributed by atoms with Crippen LogP contribution in [-0.2, 0) is 10.2 Å². The lowest BCUT2D eigenvalue weighted by molar-refractivity contribution is 0.0507. The second kappa shape index (κ2) is 8.03. The Kier molecular flexibility index (Phi) is 6.05. The van der Waals surface area contributed by atoms with Crippen LogP contribution in [0.3, 0.4) is 0 Å². The van der Waals surface area contributed by atoms with Gasteiger partial charge < -0.3 is 15.4 Å². The topological polar surface area (TPSA) is 50.4 Å². The maximum atomic E-state index is 11.9. The fourth-order valence-electron chi connectivity index (χ4n) is 2.81. The molecule has 1 aliphatic heterocycles. The molecule has 1 saturated heterocycles. The normalized spacial score (nSPS) is 17.2. The standard InChI is InChI=1S/C17H26N2O2/c1-2-3-11-18-16(20)19-14-17(9-12-21-13-10-17)15-7-5-4-6-8-15/h4-8H,2-3,9-14H2,1H3,(H2,18,19,20). The van der Waals surface area contributed by atoms with Crippen LogP contribution < -0.4 is 10.6 Å². The summed E-state index contributed by atoms with van der Waals surface area (Å²) in [6.07, 6.45) is 4.01. The van der Waals surface area contributed by atoms with E-state index >= 15 is 0 Å². The van der Waals surface area contributed by atoms with E-state index in [2.05, 4.69) is 41.8 Å². The number of hydrogen-bond acceptors (Lipinski definition) is 2. The van der Waals surface area contributed by atoms with Crippen LogP contribution >= 0.6 is 0 Å². The average Bonchev–Trinajstić information content (AvgIpc) is 2.55. The van der Waals surface area contributed by atoms with Gasteiger partial charge in [-0.1, -0.05) is 43.7 Å². The largest absolute Gasteiger partial charge is 0.381 e. The Balaban J connectivity index is 1.96. The summed E-state index contributed by atoms with van der Waals surface area (Å²) in [6, 6.07) is 10.4. The number of rotatable bonds is 6. The zero-order chi connectivity index (χ0) is 15.0. The highest BCUT2D eigenvalue weighted by Gasteiger charge is 2.34. The molecular formula is C17H26N2O2. The minimum Gasteiger partial charge on any atom is -0.381 e. The third-order valence-corrected chi connectivity index (χ3v) is 4.24. The highest BCUT2D eigenvalue weighted by Crippen LogP contribution is 2.34. The van der Waals surface area contributed by atoms with Crippen molar-refractivity contribution in [1.29, 1.82) is 0 Å². The van der Waals surface area contributed by atoms with Crippen molar-refractivity contribution in [2.24, 2.45) is 0 Å². The molecule has 4 heteroatoms. The summed E-state index contributed by atoms with van der Waals surface area (Å²) in [7, 11) is 0. The van der Waals surface area contributed by atoms with E-state index in [0.717, 1.165) is 45.4 Å². The number of unbranched alkanes of at least 4 members (excludes halogenated alkanes) is 1. The Morgan fingerprint density at radius 2 is 1.90 bits per heavy atom. The molecule has 0 atom stereocenters. The quantitative estimate of drug-likeness (QED) is 0.792. The highest BCUT2D eigenvalue weighted by molar-refractivity contribution is 5.73. The summed E-state index contributed by atoms with van der Waals surface area (Å²) in [6.45, 7) is 5.04. The number of ether oxygens (including phenoxy) is 1. The Morgan fingerprint density at radius 1 is 1.19 bits per heavy atom. The summed E-state index contributed by atoms with van der Waals surface area (Å²) >= 11 is 0. The minimum absolute atomic E-state index is 0.00159. The van der Waals surface area contributed by atoms with Gasteiger partial charge in [0.2, 0.25) is 0 Å². The molecule has 0 unspecified atom stereocenters. The number of nitrogens with one attached hydrogen (secondary N) is 2. The first kappa shape index (κ1) is 15.8. The molecule has 1 aromatic carbocycles. The van der Waals surface area contributed by atoms with Gasteiger partial charge in [-0.3, -0.25) is 0 Å². The van der Waals surface area contributed by atoms with Crippen molar-refractivity contribution in [3.8, 4) is 0 Å². The van der Waals surface area contributed by atoms with E-state index in [1.165, 1.54) is 5.56 Å². The lowest BCUT2D eigenvalue weighted by atomic mass is 9.74. The van der Waals surface area contributed by atoms with Crippen LogP contribution in [0.2, 0.25) is 0 Å². The second-order valence-corrected chi connectivity index (χ2v) is 5.72. The van der Waals surface area contributed by atoms with Crippen molar-refractivity contribution >= 4 is 6.03 Å². The Bertz CT molecular complexity index is 428. The van der Waals surface area contributed by atoms with Gasteiger partial charge in [0.05, 0.1) is 0 Å². The van der Waals surface area contributed by atoms with Gasteiger partial charge in [0.1, 0.15) is 0 Å². The number of amides is 2. The van der Waals surface area contributed by atoms with Crippen LogP contribution in [0.25, 0.3) is 0 Å². The molecule has 2 amide bonds. The average molecular weight is 290 g/mol. The van der Waals surface area contributed by atoms with Crippen molar-refractivity contribution < 1.29 is 9.53 Å². The van der Waals surface area contributed by atoms with E-state index in [1.54, 1.807) is 0 Å². The molecule has 1 aliphatic rings. The number of urea groups is 1. The molecule has 0 spiro atoms. The predicted octanol–water partition coefficient (Wildman–Crippen LogP) is 2.83. The summed E-state index contributed by atoms with van der Waals surface area (Å²) < 4.78 is 5.50. The summed E-state index contributed by atoms with van der Waals surface area (Å²) in [4.78, 5) is 11.9. The van der Waals surface area contributed by atoms with Crippen molar-refractivity contribution in [3.05, 3.63) is 35.9 Å². The van der Waals surface area contributed by atoms with E-state index in [4.69, 9.17) is 4.74 Å². The van der Waals surface area contributed by atoms with Gasteiger partial charge in [-0.2, -0.15) is 0 Å². The molecule has 1 aromatic rings. The first-order valence-corrected chi connectivity index (χ1v) is 7.92. The zero-order valence-corrected chi connectivity index (χ0v) is 12.9. The van der Waals surface area contributed by atoms with E-state index in [9.17, 15) is 4.79 Å². The van der Waals surface area contributed by atoms with Gasteiger partial charge in [-0.25, -0.2) is 4.79 Å². The maximum Gasteiger partial charge on any atom is 0.314 e. The SMILES string of the molecule is CCCCNC(=O)NCC1(c2ccccc2)CCOCC1. The van der Waals surface area contributed by atoms with Crippen molar-refractivity contribution in [1.82, 2.24) is 10.6 Å². The fourth-order valence-corrected chi connectivity index (χ4v) is 2.81.